The van der Waals surface area contributed by atoms with E-state index in [1.807, 2.05) is 0 Å². The van der Waals surface area contributed by atoms with Crippen molar-refractivity contribution in [3.8, 4) is 39.9 Å². The number of Topliss-reactive ketones (excluding diaryl/α,β-unsaturated/α-hetero) is 1. The first-order valence-electron chi connectivity index (χ1n) is 9.52. The Kier molecular flexibility index (Phi) is 4.66. The third kappa shape index (κ3) is 2.73. The van der Waals surface area contributed by atoms with Crippen LogP contribution >= 0.6 is 0 Å². The second-order valence-electron chi connectivity index (χ2n) is 7.45. The van der Waals surface area contributed by atoms with E-state index in [1.54, 1.807) is 6.92 Å². The quantitative estimate of drug-likeness (QED) is 0.359. The standard InChI is InChI=1S/C24H18O8/c1-9-7-13(27)19-21(22(29)11-5-4-6-12(26)18(11)24(19)31)16(9)20-15(32-3)8-14(28)17(10(2)25)23(20)30/h4-8,26-28,30H,1-3H3. The summed E-state index contributed by atoms with van der Waals surface area (Å²) < 4.78 is 5.29. The first-order chi connectivity index (χ1) is 15.1. The van der Waals surface area contributed by atoms with Crippen LogP contribution in [0.2, 0.25) is 0 Å². The van der Waals surface area contributed by atoms with Crippen molar-refractivity contribution in [2.24, 2.45) is 0 Å². The number of carbonyl (C=O) groups excluding carboxylic acids is 3. The van der Waals surface area contributed by atoms with Gasteiger partial charge >= 0.3 is 0 Å². The summed E-state index contributed by atoms with van der Waals surface area (Å²) in [6, 6.07) is 6.40. The maximum Gasteiger partial charge on any atom is 0.201 e. The molecule has 3 aromatic rings. The smallest absolute Gasteiger partial charge is 0.201 e. The molecule has 4 N–H and O–H groups in total. The molecule has 8 heteroatoms. The van der Waals surface area contributed by atoms with Crippen LogP contribution in [0.25, 0.3) is 11.1 Å². The number of benzene rings is 3. The highest BCUT2D eigenvalue weighted by atomic mass is 16.5. The Morgan fingerprint density at radius 3 is 2.12 bits per heavy atom. The summed E-state index contributed by atoms with van der Waals surface area (Å²) in [7, 11) is 1.27. The molecule has 8 nitrogen and oxygen atoms in total. The molecule has 0 unspecified atom stereocenters. The van der Waals surface area contributed by atoms with Gasteiger partial charge in [-0.3, -0.25) is 14.4 Å². The highest BCUT2D eigenvalue weighted by molar-refractivity contribution is 6.32. The van der Waals surface area contributed by atoms with Gasteiger partial charge in [0.05, 0.1) is 23.8 Å². The van der Waals surface area contributed by atoms with Crippen molar-refractivity contribution in [3.05, 3.63) is 63.7 Å². The van der Waals surface area contributed by atoms with Crippen molar-refractivity contribution in [1.29, 1.82) is 0 Å². The number of methoxy groups -OCH3 is 1. The molecule has 4 rings (SSSR count). The van der Waals surface area contributed by atoms with Crippen molar-refractivity contribution < 1.29 is 39.5 Å². The zero-order valence-corrected chi connectivity index (χ0v) is 17.3. The molecule has 0 saturated heterocycles. The minimum atomic E-state index is -0.768. The highest BCUT2D eigenvalue weighted by Gasteiger charge is 2.38. The van der Waals surface area contributed by atoms with E-state index in [4.69, 9.17) is 4.74 Å². The Morgan fingerprint density at radius 1 is 0.812 bits per heavy atom. The Morgan fingerprint density at radius 2 is 1.50 bits per heavy atom. The molecule has 0 fully saturated rings. The monoisotopic (exact) mass is 434 g/mol. The Labute approximate surface area is 182 Å². The van der Waals surface area contributed by atoms with Crippen LogP contribution in [0, 0.1) is 6.92 Å². The fraction of sp³-hybridized carbons (Fsp3) is 0.125. The van der Waals surface area contributed by atoms with Gasteiger partial charge in [0.1, 0.15) is 34.3 Å². The molecule has 0 heterocycles. The van der Waals surface area contributed by atoms with Crippen LogP contribution in [0.5, 0.6) is 28.7 Å². The van der Waals surface area contributed by atoms with Gasteiger partial charge in [0.15, 0.2) is 11.6 Å². The van der Waals surface area contributed by atoms with Crippen LogP contribution in [-0.2, 0) is 0 Å². The number of phenolic OH excluding ortho intramolecular Hbond substituents is 4. The lowest BCUT2D eigenvalue weighted by molar-refractivity contribution is 0.0974. The number of rotatable bonds is 3. The number of hydrogen-bond acceptors (Lipinski definition) is 8. The van der Waals surface area contributed by atoms with Crippen LogP contribution in [0.15, 0.2) is 30.3 Å². The number of ether oxygens (including phenoxy) is 1. The fourth-order valence-electron chi connectivity index (χ4n) is 4.19. The summed E-state index contributed by atoms with van der Waals surface area (Å²) in [4.78, 5) is 38.8. The number of phenols is 4. The molecular weight excluding hydrogens is 416 g/mol. The van der Waals surface area contributed by atoms with Crippen molar-refractivity contribution in [3.63, 3.8) is 0 Å². The average Bonchev–Trinajstić information content (AvgIpc) is 2.71. The Bertz CT molecular complexity index is 1370. The third-order valence-corrected chi connectivity index (χ3v) is 5.54. The highest BCUT2D eigenvalue weighted by Crippen LogP contribution is 2.50. The maximum absolute atomic E-state index is 13.5. The van der Waals surface area contributed by atoms with E-state index < -0.39 is 40.3 Å². The predicted molar refractivity (Wildman–Crippen MR) is 113 cm³/mol. The summed E-state index contributed by atoms with van der Waals surface area (Å²) in [5.41, 5.74) is -0.965. The van der Waals surface area contributed by atoms with E-state index in [0.717, 1.165) is 13.0 Å². The van der Waals surface area contributed by atoms with Crippen LogP contribution in [0.3, 0.4) is 0 Å². The second kappa shape index (κ2) is 7.12. The largest absolute Gasteiger partial charge is 0.507 e. The molecule has 0 amide bonds. The average molecular weight is 434 g/mol. The van der Waals surface area contributed by atoms with Gasteiger partial charge in [-0.1, -0.05) is 12.1 Å². The zero-order valence-electron chi connectivity index (χ0n) is 17.3. The molecule has 0 spiro atoms. The van der Waals surface area contributed by atoms with Crippen molar-refractivity contribution >= 4 is 17.3 Å². The van der Waals surface area contributed by atoms with Gasteiger partial charge in [-0.15, -0.1) is 0 Å². The summed E-state index contributed by atoms with van der Waals surface area (Å²) in [5.74, 6) is -4.15. The number of aryl methyl sites for hydroxylation is 1. The molecule has 3 aromatic carbocycles. The molecule has 1 aliphatic rings. The van der Waals surface area contributed by atoms with Crippen molar-refractivity contribution in [2.75, 3.05) is 7.11 Å². The predicted octanol–water partition coefficient (Wildman–Crippen LogP) is 3.47. The lowest BCUT2D eigenvalue weighted by Gasteiger charge is -2.25. The molecule has 32 heavy (non-hydrogen) atoms. The molecule has 0 aliphatic heterocycles. The van der Waals surface area contributed by atoms with Gasteiger partial charge in [-0.05, 0) is 31.5 Å². The number of ketones is 3. The second-order valence-corrected chi connectivity index (χ2v) is 7.45. The molecule has 0 bridgehead atoms. The molecule has 162 valence electrons. The number of fused-ring (bicyclic) bond motifs is 2. The Hall–Kier alpha value is -4.33. The van der Waals surface area contributed by atoms with Crippen molar-refractivity contribution in [2.45, 2.75) is 13.8 Å². The fourth-order valence-corrected chi connectivity index (χ4v) is 4.19. The van der Waals surface area contributed by atoms with E-state index in [9.17, 15) is 34.8 Å². The normalized spacial score (nSPS) is 12.3. The SMILES string of the molecule is COc1cc(O)c(C(C)=O)c(O)c1-c1c(C)cc(O)c2c1C(=O)c1cccc(O)c1C2=O. The van der Waals surface area contributed by atoms with Crippen LogP contribution in [-0.4, -0.2) is 44.9 Å². The minimum Gasteiger partial charge on any atom is -0.507 e. The van der Waals surface area contributed by atoms with Gasteiger partial charge < -0.3 is 25.2 Å². The summed E-state index contributed by atoms with van der Waals surface area (Å²) in [6.07, 6.45) is 0. The summed E-state index contributed by atoms with van der Waals surface area (Å²) in [6.45, 7) is 2.70. The molecular formula is C24H18O8. The number of aromatic hydroxyl groups is 4. The van der Waals surface area contributed by atoms with Gasteiger partial charge in [0.25, 0.3) is 0 Å². The van der Waals surface area contributed by atoms with Crippen LogP contribution < -0.4 is 4.74 Å². The minimum absolute atomic E-state index is 0.0528. The van der Waals surface area contributed by atoms with Gasteiger partial charge in [-0.2, -0.15) is 0 Å². The summed E-state index contributed by atoms with van der Waals surface area (Å²) in [5, 5.41) is 41.9. The molecule has 1 aliphatic carbocycles. The van der Waals surface area contributed by atoms with E-state index in [1.165, 1.54) is 31.4 Å². The van der Waals surface area contributed by atoms with Gasteiger partial charge in [0, 0.05) is 22.8 Å². The van der Waals surface area contributed by atoms with E-state index in [2.05, 4.69) is 0 Å². The lowest BCUT2D eigenvalue weighted by Crippen LogP contribution is -2.23. The lowest BCUT2D eigenvalue weighted by atomic mass is 9.77. The van der Waals surface area contributed by atoms with Gasteiger partial charge in [0.2, 0.25) is 5.78 Å². The van der Waals surface area contributed by atoms with Gasteiger partial charge in [-0.25, -0.2) is 0 Å². The topological polar surface area (TPSA) is 141 Å². The number of carbonyl (C=O) groups is 3. The third-order valence-electron chi connectivity index (χ3n) is 5.54. The Balaban J connectivity index is 2.18. The first kappa shape index (κ1) is 20.9. The molecule has 0 radical (unpaired) electrons. The van der Waals surface area contributed by atoms with Crippen molar-refractivity contribution in [1.82, 2.24) is 0 Å². The van der Waals surface area contributed by atoms with E-state index >= 15 is 0 Å². The first-order valence-corrected chi connectivity index (χ1v) is 9.52. The van der Waals surface area contributed by atoms with Crippen LogP contribution in [0.4, 0.5) is 0 Å². The molecule has 0 saturated carbocycles. The van der Waals surface area contributed by atoms with E-state index in [0.29, 0.717) is 5.56 Å². The molecule has 0 aromatic heterocycles. The van der Waals surface area contributed by atoms with Crippen LogP contribution in [0.1, 0.15) is 54.7 Å². The summed E-state index contributed by atoms with van der Waals surface area (Å²) >= 11 is 0. The zero-order chi connectivity index (χ0) is 23.5. The van der Waals surface area contributed by atoms with E-state index in [-0.39, 0.29) is 44.7 Å². The maximum atomic E-state index is 13.5. The number of hydrogen-bond donors (Lipinski definition) is 4. The molecule has 0 atom stereocenters.